The highest BCUT2D eigenvalue weighted by molar-refractivity contribution is 5.89. The summed E-state index contributed by atoms with van der Waals surface area (Å²) in [5.41, 5.74) is 1.53. The van der Waals surface area contributed by atoms with Gasteiger partial charge in [-0.1, -0.05) is 48.5 Å². The second-order valence-electron chi connectivity index (χ2n) is 8.17. The molecule has 33 heavy (non-hydrogen) atoms. The van der Waals surface area contributed by atoms with E-state index in [0.717, 1.165) is 12.5 Å². The summed E-state index contributed by atoms with van der Waals surface area (Å²) in [5.74, 6) is -2.44. The number of rotatable bonds is 9. The fraction of sp³-hybridized carbons (Fsp3) is 0.400. The second kappa shape index (κ2) is 10.6. The molecule has 1 heterocycles. The van der Waals surface area contributed by atoms with E-state index in [1.54, 1.807) is 24.3 Å². The van der Waals surface area contributed by atoms with E-state index in [1.165, 1.54) is 0 Å². The summed E-state index contributed by atoms with van der Waals surface area (Å²) >= 11 is 0. The number of benzene rings is 2. The molecule has 8 nitrogen and oxygen atoms in total. The van der Waals surface area contributed by atoms with Crippen LogP contribution in [0.2, 0.25) is 0 Å². The lowest BCUT2D eigenvalue weighted by Gasteiger charge is -2.23. The number of esters is 1. The lowest BCUT2D eigenvalue weighted by atomic mass is 9.93. The zero-order valence-electron chi connectivity index (χ0n) is 18.3. The van der Waals surface area contributed by atoms with Gasteiger partial charge in [0.15, 0.2) is 0 Å². The van der Waals surface area contributed by atoms with Crippen LogP contribution in [0.15, 0.2) is 60.7 Å². The van der Waals surface area contributed by atoms with E-state index in [2.05, 4.69) is 9.78 Å². The second-order valence-corrected chi connectivity index (χ2v) is 8.17. The van der Waals surface area contributed by atoms with Gasteiger partial charge in [-0.3, -0.25) is 0 Å². The lowest BCUT2D eigenvalue weighted by Crippen LogP contribution is -2.31. The molecular weight excluding hydrogens is 428 g/mol. The zero-order valence-corrected chi connectivity index (χ0v) is 18.3. The predicted octanol–water partition coefficient (Wildman–Crippen LogP) is 3.10. The lowest BCUT2D eigenvalue weighted by molar-refractivity contribution is -0.259. The summed E-state index contributed by atoms with van der Waals surface area (Å²) < 4.78 is 17.3. The third kappa shape index (κ3) is 5.77. The Hall–Kier alpha value is -3.23. The smallest absolute Gasteiger partial charge is 0.361 e. The van der Waals surface area contributed by atoms with Gasteiger partial charge in [0.25, 0.3) is 0 Å². The predicted molar refractivity (Wildman–Crippen MR) is 114 cm³/mol. The van der Waals surface area contributed by atoms with Crippen LogP contribution in [-0.2, 0) is 40.2 Å². The minimum atomic E-state index is -0.702. The first-order valence-electron chi connectivity index (χ1n) is 10.9. The Bertz CT molecular complexity index is 961. The van der Waals surface area contributed by atoms with Crippen LogP contribution in [0.1, 0.15) is 29.3 Å². The molecule has 0 spiro atoms. The molecule has 1 aliphatic heterocycles. The Kier molecular flexibility index (Phi) is 7.36. The van der Waals surface area contributed by atoms with Crippen molar-refractivity contribution in [3.8, 4) is 0 Å². The summed E-state index contributed by atoms with van der Waals surface area (Å²) in [6, 6.07) is 18.6. The number of carbonyl (C=O) groups excluding carboxylic acids is 3. The zero-order chi connectivity index (χ0) is 23.2. The standard InChI is InChI=1S/C25H26O8/c1-16(26)32-33-25(28)22-21-19(12-13-29-14-17-8-4-2-5-9-17)20(31-23(21)22)15-30-24(27)18-10-6-3-7-11-18/h2-11,19-23H,12-15H2,1H3. The third-order valence-electron chi connectivity index (χ3n) is 5.92. The highest BCUT2D eigenvalue weighted by Gasteiger charge is 2.67. The van der Waals surface area contributed by atoms with Crippen molar-refractivity contribution in [2.24, 2.45) is 17.8 Å². The maximum absolute atomic E-state index is 12.3. The Morgan fingerprint density at radius 1 is 0.939 bits per heavy atom. The Morgan fingerprint density at radius 2 is 1.64 bits per heavy atom. The molecule has 5 unspecified atom stereocenters. The van der Waals surface area contributed by atoms with Gasteiger partial charge >= 0.3 is 17.9 Å². The highest BCUT2D eigenvalue weighted by atomic mass is 17.2. The topological polar surface area (TPSA) is 97.4 Å². The van der Waals surface area contributed by atoms with Gasteiger partial charge in [-0.05, 0) is 30.0 Å². The number of hydrogen-bond acceptors (Lipinski definition) is 8. The normalized spacial score (nSPS) is 25.1. The van der Waals surface area contributed by atoms with Gasteiger partial charge in [0, 0.05) is 19.4 Å². The summed E-state index contributed by atoms with van der Waals surface area (Å²) in [4.78, 5) is 44.4. The van der Waals surface area contributed by atoms with Crippen molar-refractivity contribution in [2.45, 2.75) is 32.2 Å². The van der Waals surface area contributed by atoms with Gasteiger partial charge in [0.2, 0.25) is 0 Å². The van der Waals surface area contributed by atoms with Gasteiger partial charge < -0.3 is 14.2 Å². The molecule has 1 saturated heterocycles. The maximum atomic E-state index is 12.3. The van der Waals surface area contributed by atoms with Crippen molar-refractivity contribution in [2.75, 3.05) is 13.2 Å². The van der Waals surface area contributed by atoms with E-state index in [1.807, 2.05) is 36.4 Å². The quantitative estimate of drug-likeness (QED) is 0.247. The van der Waals surface area contributed by atoms with E-state index in [-0.39, 0.29) is 30.7 Å². The van der Waals surface area contributed by atoms with E-state index in [9.17, 15) is 14.4 Å². The first-order chi connectivity index (χ1) is 16.0. The van der Waals surface area contributed by atoms with Crippen molar-refractivity contribution in [3.05, 3.63) is 71.8 Å². The molecule has 4 rings (SSSR count). The van der Waals surface area contributed by atoms with Gasteiger partial charge in [-0.15, -0.1) is 0 Å². The Labute approximate surface area is 191 Å². The van der Waals surface area contributed by atoms with Crippen LogP contribution in [0.25, 0.3) is 0 Å². The molecule has 2 aliphatic rings. The molecule has 0 bridgehead atoms. The summed E-state index contributed by atoms with van der Waals surface area (Å²) in [7, 11) is 0. The first-order valence-corrected chi connectivity index (χ1v) is 10.9. The Morgan fingerprint density at radius 3 is 2.33 bits per heavy atom. The maximum Gasteiger partial charge on any atom is 0.361 e. The van der Waals surface area contributed by atoms with E-state index < -0.39 is 23.8 Å². The molecule has 0 radical (unpaired) electrons. The van der Waals surface area contributed by atoms with Crippen LogP contribution in [0.5, 0.6) is 0 Å². The summed E-state index contributed by atoms with van der Waals surface area (Å²) in [5, 5.41) is 0. The monoisotopic (exact) mass is 454 g/mol. The number of hydrogen-bond donors (Lipinski definition) is 0. The van der Waals surface area contributed by atoms with Crippen molar-refractivity contribution in [3.63, 3.8) is 0 Å². The average Bonchev–Trinajstić information content (AvgIpc) is 3.43. The molecule has 1 aliphatic carbocycles. The van der Waals surface area contributed by atoms with Crippen LogP contribution in [0.4, 0.5) is 0 Å². The third-order valence-corrected chi connectivity index (χ3v) is 5.92. The largest absolute Gasteiger partial charge is 0.459 e. The first kappa shape index (κ1) is 22.9. The molecule has 174 valence electrons. The number of ether oxygens (including phenoxy) is 3. The molecular formula is C25H26O8. The van der Waals surface area contributed by atoms with Crippen molar-refractivity contribution >= 4 is 17.9 Å². The van der Waals surface area contributed by atoms with Crippen LogP contribution in [0.3, 0.4) is 0 Å². The molecule has 0 aromatic heterocycles. The van der Waals surface area contributed by atoms with Crippen LogP contribution in [0, 0.1) is 17.8 Å². The summed E-state index contributed by atoms with van der Waals surface area (Å²) in [6.45, 7) is 2.17. The van der Waals surface area contributed by atoms with E-state index >= 15 is 0 Å². The molecule has 2 aromatic rings. The van der Waals surface area contributed by atoms with Crippen molar-refractivity contribution in [1.29, 1.82) is 0 Å². The molecule has 0 N–H and O–H groups in total. The van der Waals surface area contributed by atoms with Crippen molar-refractivity contribution in [1.82, 2.24) is 0 Å². The molecule has 2 aromatic carbocycles. The van der Waals surface area contributed by atoms with Crippen molar-refractivity contribution < 1.29 is 38.4 Å². The summed E-state index contributed by atoms with van der Waals surface area (Å²) in [6.07, 6.45) is -0.0859. The van der Waals surface area contributed by atoms with E-state index in [4.69, 9.17) is 14.2 Å². The van der Waals surface area contributed by atoms with Gasteiger partial charge in [0.1, 0.15) is 6.61 Å². The number of carbonyl (C=O) groups is 3. The fourth-order valence-electron chi connectivity index (χ4n) is 4.33. The SMILES string of the molecule is CC(=O)OOC(=O)C1C2OC(COC(=O)c3ccccc3)C(CCOCc3ccccc3)C21. The van der Waals surface area contributed by atoms with E-state index in [0.29, 0.717) is 25.2 Å². The van der Waals surface area contributed by atoms with Crippen LogP contribution >= 0.6 is 0 Å². The van der Waals surface area contributed by atoms with Crippen LogP contribution < -0.4 is 0 Å². The molecule has 5 atom stereocenters. The Balaban J connectivity index is 1.32. The van der Waals surface area contributed by atoms with Gasteiger partial charge in [0.05, 0.1) is 30.3 Å². The van der Waals surface area contributed by atoms with Gasteiger partial charge in [-0.25, -0.2) is 24.2 Å². The average molecular weight is 454 g/mol. The molecule has 1 saturated carbocycles. The minimum Gasteiger partial charge on any atom is -0.459 e. The molecule has 8 heteroatoms. The molecule has 2 fully saturated rings. The highest BCUT2D eigenvalue weighted by Crippen LogP contribution is 2.56. The minimum absolute atomic E-state index is 0.0655. The number of fused-ring (bicyclic) bond motifs is 1. The molecule has 0 amide bonds. The fourth-order valence-corrected chi connectivity index (χ4v) is 4.33. The van der Waals surface area contributed by atoms with Gasteiger partial charge in [-0.2, -0.15) is 0 Å². The van der Waals surface area contributed by atoms with Crippen LogP contribution in [-0.4, -0.2) is 43.3 Å².